The van der Waals surface area contributed by atoms with Crippen molar-refractivity contribution in [2.45, 2.75) is 12.0 Å². The molecule has 19 heavy (non-hydrogen) atoms. The highest BCUT2D eigenvalue weighted by Gasteiger charge is 2.32. The molecule has 1 aromatic carbocycles. The lowest BCUT2D eigenvalue weighted by Crippen LogP contribution is -2.42. The summed E-state index contributed by atoms with van der Waals surface area (Å²) >= 11 is 0. The van der Waals surface area contributed by atoms with Crippen molar-refractivity contribution >= 4 is 16.1 Å². The minimum Gasteiger partial charge on any atom is -0.386 e. The maximum atomic E-state index is 11.8. The monoisotopic (exact) mass is 283 g/mol. The highest BCUT2D eigenvalue weighted by atomic mass is 32.2. The minimum absolute atomic E-state index is 0.0333. The van der Waals surface area contributed by atoms with Gasteiger partial charge in [-0.25, -0.2) is 13.1 Å². The first-order valence-corrected chi connectivity index (χ1v) is 7.57. The number of hydrogen-bond acceptors (Lipinski definition) is 4. The molecule has 2 rings (SSSR count). The van der Waals surface area contributed by atoms with Crippen molar-refractivity contribution in [2.75, 3.05) is 19.8 Å². The first-order chi connectivity index (χ1) is 8.99. The van der Waals surface area contributed by atoms with Crippen LogP contribution in [0.5, 0.6) is 0 Å². The van der Waals surface area contributed by atoms with Gasteiger partial charge in [0.15, 0.2) is 0 Å². The highest BCUT2D eigenvalue weighted by Crippen LogP contribution is 2.17. The van der Waals surface area contributed by atoms with E-state index in [1.54, 1.807) is 0 Å². The summed E-state index contributed by atoms with van der Waals surface area (Å²) in [5, 5.41) is 11.1. The molecular weight excluding hydrogens is 266 g/mol. The molecule has 1 fully saturated rings. The molecular formula is C13H17NO4S. The largest absolute Gasteiger partial charge is 0.386 e. The van der Waals surface area contributed by atoms with Gasteiger partial charge in [0.2, 0.25) is 10.0 Å². The van der Waals surface area contributed by atoms with Crippen LogP contribution in [0, 0.1) is 0 Å². The second-order valence-corrected chi connectivity index (χ2v) is 6.26. The zero-order chi connectivity index (χ0) is 13.8. The number of ether oxygens (including phenoxy) is 1. The van der Waals surface area contributed by atoms with E-state index in [0.717, 1.165) is 11.0 Å². The number of benzene rings is 1. The summed E-state index contributed by atoms with van der Waals surface area (Å²) in [5.41, 5.74) is -0.288. The summed E-state index contributed by atoms with van der Waals surface area (Å²) in [6.45, 7) is 0.588. The van der Waals surface area contributed by atoms with E-state index in [2.05, 4.69) is 4.72 Å². The van der Waals surface area contributed by atoms with Crippen LogP contribution in [0.15, 0.2) is 35.7 Å². The fraction of sp³-hybridized carbons (Fsp3) is 0.385. The van der Waals surface area contributed by atoms with Crippen LogP contribution in [-0.2, 0) is 14.8 Å². The Kier molecular flexibility index (Phi) is 4.36. The highest BCUT2D eigenvalue weighted by molar-refractivity contribution is 7.92. The zero-order valence-electron chi connectivity index (χ0n) is 10.5. The molecule has 1 aliphatic rings. The van der Waals surface area contributed by atoms with Gasteiger partial charge in [-0.15, -0.1) is 0 Å². The van der Waals surface area contributed by atoms with Gasteiger partial charge in [0.1, 0.15) is 5.60 Å². The van der Waals surface area contributed by atoms with Gasteiger partial charge in [0.25, 0.3) is 0 Å². The molecule has 0 aromatic heterocycles. The van der Waals surface area contributed by atoms with Crippen LogP contribution >= 0.6 is 0 Å². The lowest BCUT2D eigenvalue weighted by Gasteiger charge is -2.19. The Labute approximate surface area is 113 Å². The molecule has 0 bridgehead atoms. The predicted molar refractivity (Wildman–Crippen MR) is 72.8 cm³/mol. The second-order valence-electron chi connectivity index (χ2n) is 4.61. The van der Waals surface area contributed by atoms with E-state index in [0.29, 0.717) is 13.0 Å². The van der Waals surface area contributed by atoms with Crippen molar-refractivity contribution < 1.29 is 18.3 Å². The van der Waals surface area contributed by atoms with Gasteiger partial charge in [0.05, 0.1) is 6.61 Å². The standard InChI is InChI=1S/C13H17NO4S/c15-13(7-8-18-11-13)10-14-19(16,17)9-6-12-4-2-1-3-5-12/h1-6,9,14-15H,7-8,10-11H2/b9-6+. The SMILES string of the molecule is O=S(=O)(/C=C/c1ccccc1)NCC1(O)CCOC1. The lowest BCUT2D eigenvalue weighted by molar-refractivity contribution is 0.0315. The van der Waals surface area contributed by atoms with Crippen LogP contribution in [0.3, 0.4) is 0 Å². The Morgan fingerprint density at radius 3 is 2.74 bits per heavy atom. The maximum Gasteiger partial charge on any atom is 0.233 e. The van der Waals surface area contributed by atoms with Crippen LogP contribution in [-0.4, -0.2) is 38.9 Å². The molecule has 0 aliphatic carbocycles. The third-order valence-corrected chi connectivity index (χ3v) is 3.97. The van der Waals surface area contributed by atoms with Gasteiger partial charge in [-0.3, -0.25) is 0 Å². The molecule has 104 valence electrons. The molecule has 0 amide bonds. The quantitative estimate of drug-likeness (QED) is 0.835. The van der Waals surface area contributed by atoms with Crippen molar-refractivity contribution in [2.24, 2.45) is 0 Å². The molecule has 0 saturated carbocycles. The molecule has 1 unspecified atom stereocenters. The summed E-state index contributed by atoms with van der Waals surface area (Å²) in [6.07, 6.45) is 1.95. The van der Waals surface area contributed by atoms with Crippen LogP contribution in [0.4, 0.5) is 0 Å². The summed E-state index contributed by atoms with van der Waals surface area (Å²) in [6, 6.07) is 9.14. The fourth-order valence-corrected chi connectivity index (χ4v) is 2.65. The minimum atomic E-state index is -3.55. The van der Waals surface area contributed by atoms with Gasteiger partial charge >= 0.3 is 0 Å². The average molecular weight is 283 g/mol. The second kappa shape index (κ2) is 5.83. The van der Waals surface area contributed by atoms with Crippen molar-refractivity contribution in [3.05, 3.63) is 41.3 Å². The Bertz CT molecular complexity index is 533. The molecule has 1 heterocycles. The van der Waals surface area contributed by atoms with E-state index in [4.69, 9.17) is 4.74 Å². The lowest BCUT2D eigenvalue weighted by atomic mass is 10.1. The number of aliphatic hydroxyl groups is 1. The zero-order valence-corrected chi connectivity index (χ0v) is 11.3. The molecule has 1 atom stereocenters. The molecule has 0 radical (unpaired) electrons. The van der Waals surface area contributed by atoms with E-state index >= 15 is 0 Å². The van der Waals surface area contributed by atoms with E-state index < -0.39 is 15.6 Å². The van der Waals surface area contributed by atoms with Crippen LogP contribution in [0.1, 0.15) is 12.0 Å². The number of sulfonamides is 1. The van der Waals surface area contributed by atoms with E-state index in [-0.39, 0.29) is 13.2 Å². The fourth-order valence-electron chi connectivity index (χ4n) is 1.75. The van der Waals surface area contributed by atoms with Crippen molar-refractivity contribution in [3.8, 4) is 0 Å². The van der Waals surface area contributed by atoms with Gasteiger partial charge in [-0.05, 0) is 11.6 Å². The molecule has 2 N–H and O–H groups in total. The normalized spacial score (nSPS) is 24.1. The van der Waals surface area contributed by atoms with Gasteiger partial charge < -0.3 is 9.84 Å². The first-order valence-electron chi connectivity index (χ1n) is 6.02. The first kappa shape index (κ1) is 14.2. The smallest absolute Gasteiger partial charge is 0.233 e. The van der Waals surface area contributed by atoms with Crippen LogP contribution in [0.2, 0.25) is 0 Å². The maximum absolute atomic E-state index is 11.8. The topological polar surface area (TPSA) is 75.6 Å². The predicted octanol–water partition coefficient (Wildman–Crippen LogP) is 0.728. The van der Waals surface area contributed by atoms with Crippen LogP contribution < -0.4 is 4.72 Å². The Morgan fingerprint density at radius 1 is 1.37 bits per heavy atom. The van der Waals surface area contributed by atoms with E-state index in [1.807, 2.05) is 30.3 Å². The Balaban J connectivity index is 1.93. The molecule has 0 spiro atoms. The van der Waals surface area contributed by atoms with Crippen molar-refractivity contribution in [1.29, 1.82) is 0 Å². The third kappa shape index (κ3) is 4.43. The van der Waals surface area contributed by atoms with Gasteiger partial charge in [-0.2, -0.15) is 0 Å². The Morgan fingerprint density at radius 2 is 2.11 bits per heavy atom. The van der Waals surface area contributed by atoms with Crippen molar-refractivity contribution in [3.63, 3.8) is 0 Å². The van der Waals surface area contributed by atoms with Crippen molar-refractivity contribution in [1.82, 2.24) is 4.72 Å². The summed E-state index contributed by atoms with van der Waals surface area (Å²) in [5.74, 6) is 0. The molecule has 1 aliphatic heterocycles. The molecule has 1 aromatic rings. The summed E-state index contributed by atoms with van der Waals surface area (Å²) < 4.78 is 30.9. The van der Waals surface area contributed by atoms with Gasteiger partial charge in [0, 0.05) is 25.0 Å². The van der Waals surface area contributed by atoms with Gasteiger partial charge in [-0.1, -0.05) is 30.3 Å². The molecule has 1 saturated heterocycles. The van der Waals surface area contributed by atoms with E-state index in [1.165, 1.54) is 6.08 Å². The van der Waals surface area contributed by atoms with Crippen LogP contribution in [0.25, 0.3) is 6.08 Å². The molecule has 6 heteroatoms. The average Bonchev–Trinajstić information content (AvgIpc) is 2.84. The summed E-state index contributed by atoms with van der Waals surface area (Å²) in [4.78, 5) is 0. The number of nitrogens with one attached hydrogen (secondary N) is 1. The number of hydrogen-bond donors (Lipinski definition) is 2. The third-order valence-electron chi connectivity index (χ3n) is 2.92. The molecule has 5 nitrogen and oxygen atoms in total. The number of rotatable bonds is 5. The summed E-state index contributed by atoms with van der Waals surface area (Å²) in [7, 11) is -3.55. The van der Waals surface area contributed by atoms with E-state index in [9.17, 15) is 13.5 Å². The Hall–Kier alpha value is -1.21.